The van der Waals surface area contributed by atoms with Crippen LogP contribution in [0.5, 0.6) is 17.2 Å². The Morgan fingerprint density at radius 1 is 1.20 bits per heavy atom. The van der Waals surface area contributed by atoms with Gasteiger partial charge in [0.05, 0.1) is 7.11 Å². The normalized spacial score (nSPS) is 12.9. The van der Waals surface area contributed by atoms with E-state index in [2.05, 4.69) is 5.32 Å². The Labute approximate surface area is 145 Å². The molecule has 1 N–H and O–H groups in total. The first-order chi connectivity index (χ1) is 12.2. The van der Waals surface area contributed by atoms with Crippen LogP contribution in [0.25, 0.3) is 6.08 Å². The Bertz CT molecular complexity index is 868. The number of benzene rings is 2. The highest BCUT2D eigenvalue weighted by atomic mass is 16.6. The number of ether oxygens (including phenoxy) is 3. The van der Waals surface area contributed by atoms with Gasteiger partial charge in [0.2, 0.25) is 0 Å². The standard InChI is InChI=1S/C19H16N2O4/c1-23-16-4-2-3-15(11-16)21-19(22)14(12-20)9-13-5-6-17-18(10-13)25-8-7-24-17/h2-6,9-11H,7-8H2,1H3,(H,21,22)/b14-9-. The second-order valence-electron chi connectivity index (χ2n) is 5.26. The number of rotatable bonds is 4. The largest absolute Gasteiger partial charge is 0.497 e. The fraction of sp³-hybridized carbons (Fsp3) is 0.158. The predicted molar refractivity (Wildman–Crippen MR) is 92.6 cm³/mol. The van der Waals surface area contributed by atoms with Crippen LogP contribution in [-0.4, -0.2) is 26.2 Å². The van der Waals surface area contributed by atoms with Crippen LogP contribution in [0.2, 0.25) is 0 Å². The fourth-order valence-electron chi connectivity index (χ4n) is 2.36. The molecule has 0 unspecified atom stereocenters. The minimum Gasteiger partial charge on any atom is -0.497 e. The molecule has 2 aromatic rings. The monoisotopic (exact) mass is 336 g/mol. The lowest BCUT2D eigenvalue weighted by molar-refractivity contribution is -0.112. The summed E-state index contributed by atoms with van der Waals surface area (Å²) in [6.45, 7) is 0.982. The van der Waals surface area contributed by atoms with Crippen LogP contribution in [-0.2, 0) is 4.79 Å². The molecule has 1 heterocycles. The van der Waals surface area contributed by atoms with Crippen LogP contribution in [0.1, 0.15) is 5.56 Å². The topological polar surface area (TPSA) is 80.6 Å². The number of methoxy groups -OCH3 is 1. The molecule has 0 bridgehead atoms. The molecule has 0 spiro atoms. The van der Waals surface area contributed by atoms with Gasteiger partial charge >= 0.3 is 0 Å². The second kappa shape index (κ2) is 7.41. The van der Waals surface area contributed by atoms with E-state index in [1.807, 2.05) is 6.07 Å². The van der Waals surface area contributed by atoms with Gasteiger partial charge in [-0.05, 0) is 35.9 Å². The van der Waals surface area contributed by atoms with Crippen LogP contribution in [0, 0.1) is 11.3 Å². The number of fused-ring (bicyclic) bond motifs is 1. The number of carbonyl (C=O) groups excluding carboxylic acids is 1. The zero-order valence-electron chi connectivity index (χ0n) is 13.6. The molecule has 126 valence electrons. The molecule has 1 amide bonds. The molecule has 0 saturated carbocycles. The van der Waals surface area contributed by atoms with Crippen molar-refractivity contribution >= 4 is 17.7 Å². The summed E-state index contributed by atoms with van der Waals surface area (Å²) in [4.78, 5) is 12.3. The molecule has 0 fully saturated rings. The van der Waals surface area contributed by atoms with Gasteiger partial charge in [-0.15, -0.1) is 0 Å². The van der Waals surface area contributed by atoms with Gasteiger partial charge in [-0.3, -0.25) is 4.79 Å². The van der Waals surface area contributed by atoms with Crippen molar-refractivity contribution in [2.75, 3.05) is 25.6 Å². The molecule has 0 aliphatic carbocycles. The highest BCUT2D eigenvalue weighted by Gasteiger charge is 2.13. The van der Waals surface area contributed by atoms with Crippen molar-refractivity contribution in [1.29, 1.82) is 5.26 Å². The third-order valence-electron chi connectivity index (χ3n) is 3.57. The van der Waals surface area contributed by atoms with Crippen LogP contribution < -0.4 is 19.5 Å². The molecule has 1 aliphatic rings. The molecule has 6 nitrogen and oxygen atoms in total. The molecule has 25 heavy (non-hydrogen) atoms. The van der Waals surface area contributed by atoms with Crippen molar-refractivity contribution in [3.63, 3.8) is 0 Å². The van der Waals surface area contributed by atoms with Gasteiger partial charge in [-0.2, -0.15) is 5.26 Å². The Hall–Kier alpha value is -3.46. The zero-order chi connectivity index (χ0) is 17.6. The Kier molecular flexibility index (Phi) is 4.86. The van der Waals surface area contributed by atoms with Gasteiger partial charge in [0.15, 0.2) is 11.5 Å². The molecule has 2 aromatic carbocycles. The number of nitrogens with zero attached hydrogens (tertiary/aromatic N) is 1. The third-order valence-corrected chi connectivity index (χ3v) is 3.57. The van der Waals surface area contributed by atoms with Crippen LogP contribution in [0.4, 0.5) is 5.69 Å². The minimum atomic E-state index is -0.495. The first kappa shape index (κ1) is 16.4. The van der Waals surface area contributed by atoms with Gasteiger partial charge in [0.1, 0.15) is 30.6 Å². The molecule has 0 radical (unpaired) electrons. The van der Waals surface area contributed by atoms with E-state index in [0.717, 1.165) is 0 Å². The summed E-state index contributed by atoms with van der Waals surface area (Å²) >= 11 is 0. The molecular weight excluding hydrogens is 320 g/mol. The zero-order valence-corrected chi connectivity index (χ0v) is 13.6. The van der Waals surface area contributed by atoms with Crippen molar-refractivity contribution in [3.05, 3.63) is 53.6 Å². The third kappa shape index (κ3) is 3.90. The van der Waals surface area contributed by atoms with Crippen molar-refractivity contribution in [2.45, 2.75) is 0 Å². The molecule has 3 rings (SSSR count). The lowest BCUT2D eigenvalue weighted by atomic mass is 10.1. The smallest absolute Gasteiger partial charge is 0.266 e. The van der Waals surface area contributed by atoms with Crippen molar-refractivity contribution in [2.24, 2.45) is 0 Å². The van der Waals surface area contributed by atoms with Crippen molar-refractivity contribution < 1.29 is 19.0 Å². The maximum absolute atomic E-state index is 12.3. The molecule has 0 atom stereocenters. The summed E-state index contributed by atoms with van der Waals surface area (Å²) in [6, 6.07) is 14.1. The highest BCUT2D eigenvalue weighted by molar-refractivity contribution is 6.09. The lowest BCUT2D eigenvalue weighted by Gasteiger charge is -2.18. The number of nitrogens with one attached hydrogen (secondary N) is 1. The van der Waals surface area contributed by atoms with Gasteiger partial charge in [0.25, 0.3) is 5.91 Å². The molecular formula is C19H16N2O4. The molecule has 0 aromatic heterocycles. The Balaban J connectivity index is 1.80. The summed E-state index contributed by atoms with van der Waals surface area (Å²) in [5.74, 6) is 1.38. The van der Waals surface area contributed by atoms with Gasteiger partial charge in [-0.1, -0.05) is 12.1 Å². The number of hydrogen-bond donors (Lipinski definition) is 1. The Morgan fingerprint density at radius 3 is 2.76 bits per heavy atom. The average Bonchev–Trinajstić information content (AvgIpc) is 2.66. The second-order valence-corrected chi connectivity index (χ2v) is 5.26. The van der Waals surface area contributed by atoms with Gasteiger partial charge < -0.3 is 19.5 Å². The summed E-state index contributed by atoms with van der Waals surface area (Å²) in [7, 11) is 1.55. The van der Waals surface area contributed by atoms with Crippen LogP contribution in [0.3, 0.4) is 0 Å². The van der Waals surface area contributed by atoms with E-state index in [9.17, 15) is 10.1 Å². The average molecular weight is 336 g/mol. The summed E-state index contributed by atoms with van der Waals surface area (Å²) in [5, 5.41) is 12.0. The predicted octanol–water partition coefficient (Wildman–Crippen LogP) is 3.01. The van der Waals surface area contributed by atoms with E-state index in [-0.39, 0.29) is 5.57 Å². The quantitative estimate of drug-likeness (QED) is 0.686. The maximum atomic E-state index is 12.3. The number of nitriles is 1. The van der Waals surface area contributed by atoms with E-state index in [0.29, 0.717) is 41.7 Å². The first-order valence-corrected chi connectivity index (χ1v) is 7.66. The SMILES string of the molecule is COc1cccc(NC(=O)/C(C#N)=C\c2ccc3c(c2)OCCO3)c1. The van der Waals surface area contributed by atoms with E-state index >= 15 is 0 Å². The first-order valence-electron chi connectivity index (χ1n) is 7.66. The van der Waals surface area contributed by atoms with E-state index in [1.54, 1.807) is 49.6 Å². The van der Waals surface area contributed by atoms with Crippen molar-refractivity contribution in [1.82, 2.24) is 0 Å². The lowest BCUT2D eigenvalue weighted by Crippen LogP contribution is -2.15. The molecule has 6 heteroatoms. The number of carbonyl (C=O) groups is 1. The highest BCUT2D eigenvalue weighted by Crippen LogP contribution is 2.31. The van der Waals surface area contributed by atoms with Crippen molar-refractivity contribution in [3.8, 4) is 23.3 Å². The van der Waals surface area contributed by atoms with Crippen LogP contribution >= 0.6 is 0 Å². The van der Waals surface area contributed by atoms with E-state index < -0.39 is 5.91 Å². The van der Waals surface area contributed by atoms with Gasteiger partial charge in [0, 0.05) is 11.8 Å². The Morgan fingerprint density at radius 2 is 2.00 bits per heavy atom. The van der Waals surface area contributed by atoms with Gasteiger partial charge in [-0.25, -0.2) is 0 Å². The summed E-state index contributed by atoms with van der Waals surface area (Å²) in [5.41, 5.74) is 1.22. The van der Waals surface area contributed by atoms with Crippen LogP contribution in [0.15, 0.2) is 48.0 Å². The molecule has 0 saturated heterocycles. The molecule has 1 aliphatic heterocycles. The number of anilines is 1. The summed E-state index contributed by atoms with van der Waals surface area (Å²) in [6.07, 6.45) is 1.51. The number of amides is 1. The summed E-state index contributed by atoms with van der Waals surface area (Å²) < 4.78 is 16.1. The number of hydrogen-bond acceptors (Lipinski definition) is 5. The van der Waals surface area contributed by atoms with E-state index in [1.165, 1.54) is 6.08 Å². The maximum Gasteiger partial charge on any atom is 0.266 e. The fourth-order valence-corrected chi connectivity index (χ4v) is 2.36. The minimum absolute atomic E-state index is 0.0144. The van der Waals surface area contributed by atoms with E-state index in [4.69, 9.17) is 14.2 Å².